The van der Waals surface area contributed by atoms with Gasteiger partial charge in [0.25, 0.3) is 5.91 Å². The Morgan fingerprint density at radius 2 is 1.96 bits per heavy atom. The van der Waals surface area contributed by atoms with Crippen LogP contribution in [0.3, 0.4) is 0 Å². The summed E-state index contributed by atoms with van der Waals surface area (Å²) < 4.78 is 19.8. The predicted molar refractivity (Wildman–Crippen MR) is 95.5 cm³/mol. The predicted octanol–water partition coefficient (Wildman–Crippen LogP) is 3.25. The molecule has 0 spiro atoms. The zero-order valence-electron chi connectivity index (χ0n) is 14.3. The molecule has 0 aliphatic rings. The molecule has 1 heterocycles. The summed E-state index contributed by atoms with van der Waals surface area (Å²) in [5.74, 6) is -0.529. The Hall–Kier alpha value is -3.75. The molecule has 3 rings (SSSR count). The van der Waals surface area contributed by atoms with Gasteiger partial charge in [-0.3, -0.25) is 14.9 Å². The summed E-state index contributed by atoms with van der Waals surface area (Å²) in [5.41, 5.74) is 0.992. The molecule has 0 bridgehead atoms. The molecule has 0 aliphatic heterocycles. The normalized spacial score (nSPS) is 10.4. The van der Waals surface area contributed by atoms with E-state index in [1.807, 2.05) is 0 Å². The highest BCUT2D eigenvalue weighted by atomic mass is 19.1. The molecule has 3 aromatic rings. The molecule has 2 aromatic carbocycles. The second kappa shape index (κ2) is 7.65. The van der Waals surface area contributed by atoms with Gasteiger partial charge in [0, 0.05) is 12.1 Å². The number of aromatic nitrogens is 2. The number of nitrogens with zero attached hydrogens (tertiary/aromatic N) is 3. The maximum Gasteiger partial charge on any atom is 0.310 e. The highest BCUT2D eigenvalue weighted by molar-refractivity contribution is 5.91. The van der Waals surface area contributed by atoms with Crippen molar-refractivity contribution in [2.75, 3.05) is 11.9 Å². The molecule has 0 fully saturated rings. The minimum absolute atomic E-state index is 0.000808. The van der Waals surface area contributed by atoms with Crippen molar-refractivity contribution in [3.8, 4) is 11.4 Å². The monoisotopic (exact) mass is 370 g/mol. The number of hydrogen-bond donors (Lipinski definition) is 1. The van der Waals surface area contributed by atoms with Crippen LogP contribution in [0.5, 0.6) is 5.75 Å². The Morgan fingerprint density at radius 3 is 2.67 bits per heavy atom. The first-order chi connectivity index (χ1) is 12.9. The van der Waals surface area contributed by atoms with Crippen LogP contribution in [-0.4, -0.2) is 27.2 Å². The number of amides is 1. The number of nitrogens with one attached hydrogen (secondary N) is 1. The van der Waals surface area contributed by atoms with Crippen LogP contribution in [0.25, 0.3) is 5.69 Å². The Morgan fingerprint density at radius 1 is 1.26 bits per heavy atom. The van der Waals surface area contributed by atoms with Gasteiger partial charge in [0.05, 0.1) is 16.3 Å². The Bertz CT molecular complexity index is 985. The quantitative estimate of drug-likeness (QED) is 0.530. The first-order valence-electron chi connectivity index (χ1n) is 7.93. The summed E-state index contributed by atoms with van der Waals surface area (Å²) in [7, 11) is 0. The van der Waals surface area contributed by atoms with E-state index < -0.39 is 17.4 Å². The number of rotatable bonds is 6. The fourth-order valence-corrected chi connectivity index (χ4v) is 2.42. The summed E-state index contributed by atoms with van der Waals surface area (Å²) in [5, 5.41) is 17.9. The molecule has 1 aromatic heterocycles. The maximum absolute atomic E-state index is 13.1. The van der Waals surface area contributed by atoms with Gasteiger partial charge in [-0.05, 0) is 37.3 Å². The van der Waals surface area contributed by atoms with E-state index in [0.29, 0.717) is 17.2 Å². The standard InChI is InChI=1S/C18H15FN4O4/c1-12-10-17(22(21-12)14-8-6-13(19)7-9-14)20-18(24)11-27-16-5-3-2-4-15(16)23(25)26/h2-10H,11H2,1H3,(H,20,24). The zero-order chi connectivity index (χ0) is 19.4. The van der Waals surface area contributed by atoms with E-state index in [4.69, 9.17) is 4.74 Å². The van der Waals surface area contributed by atoms with Crippen molar-refractivity contribution < 1.29 is 18.8 Å². The summed E-state index contributed by atoms with van der Waals surface area (Å²) in [4.78, 5) is 22.6. The van der Waals surface area contributed by atoms with E-state index in [-0.39, 0.29) is 17.3 Å². The van der Waals surface area contributed by atoms with E-state index in [1.165, 1.54) is 47.1 Å². The molecule has 0 atom stereocenters. The van der Waals surface area contributed by atoms with Gasteiger partial charge in [-0.25, -0.2) is 9.07 Å². The van der Waals surface area contributed by atoms with E-state index in [9.17, 15) is 19.3 Å². The third-order valence-electron chi connectivity index (χ3n) is 3.59. The average Bonchev–Trinajstić information content (AvgIpc) is 3.01. The number of ether oxygens (including phenoxy) is 1. The highest BCUT2D eigenvalue weighted by Crippen LogP contribution is 2.25. The molecule has 1 N–H and O–H groups in total. The van der Waals surface area contributed by atoms with Gasteiger partial charge in [-0.15, -0.1) is 0 Å². The summed E-state index contributed by atoms with van der Waals surface area (Å²) in [6.45, 7) is 1.33. The van der Waals surface area contributed by atoms with Crippen molar-refractivity contribution in [1.29, 1.82) is 0 Å². The molecular weight excluding hydrogens is 355 g/mol. The van der Waals surface area contributed by atoms with Crippen LogP contribution >= 0.6 is 0 Å². The third kappa shape index (κ3) is 4.27. The smallest absolute Gasteiger partial charge is 0.310 e. The Kier molecular flexibility index (Phi) is 5.11. The van der Waals surface area contributed by atoms with Gasteiger partial charge in [-0.1, -0.05) is 12.1 Å². The number of halogens is 1. The summed E-state index contributed by atoms with van der Waals surface area (Å²) >= 11 is 0. The summed E-state index contributed by atoms with van der Waals surface area (Å²) in [6, 6.07) is 13.1. The minimum atomic E-state index is -0.583. The number of carbonyl (C=O) groups is 1. The van der Waals surface area contributed by atoms with Crippen molar-refractivity contribution in [3.63, 3.8) is 0 Å². The van der Waals surface area contributed by atoms with Crippen LogP contribution in [0.4, 0.5) is 15.9 Å². The zero-order valence-corrected chi connectivity index (χ0v) is 14.3. The molecule has 0 radical (unpaired) electrons. The largest absolute Gasteiger partial charge is 0.477 e. The molecule has 0 saturated heterocycles. The van der Waals surface area contributed by atoms with Crippen molar-refractivity contribution in [2.45, 2.75) is 6.92 Å². The number of benzene rings is 2. The maximum atomic E-state index is 13.1. The van der Waals surface area contributed by atoms with Crippen LogP contribution < -0.4 is 10.1 Å². The average molecular weight is 370 g/mol. The molecule has 8 nitrogen and oxygen atoms in total. The molecule has 138 valence electrons. The second-order valence-corrected chi connectivity index (χ2v) is 5.62. The van der Waals surface area contributed by atoms with Crippen LogP contribution in [-0.2, 0) is 4.79 Å². The number of aryl methyl sites for hydroxylation is 1. The molecule has 0 aliphatic carbocycles. The molecule has 9 heteroatoms. The van der Waals surface area contributed by atoms with Crippen LogP contribution in [0.2, 0.25) is 0 Å². The molecular formula is C18H15FN4O4. The van der Waals surface area contributed by atoms with Crippen molar-refractivity contribution >= 4 is 17.4 Å². The van der Waals surface area contributed by atoms with Gasteiger partial charge in [0.15, 0.2) is 12.4 Å². The number of nitro groups is 1. The number of nitro benzene ring substituents is 1. The van der Waals surface area contributed by atoms with Crippen molar-refractivity contribution in [2.24, 2.45) is 0 Å². The first kappa shape index (κ1) is 18.1. The van der Waals surface area contributed by atoms with E-state index in [0.717, 1.165) is 0 Å². The lowest BCUT2D eigenvalue weighted by Gasteiger charge is -2.10. The van der Waals surface area contributed by atoms with Gasteiger partial charge in [0.2, 0.25) is 0 Å². The number of para-hydroxylation sites is 2. The topological polar surface area (TPSA) is 99.3 Å². The van der Waals surface area contributed by atoms with Gasteiger partial charge in [0.1, 0.15) is 11.6 Å². The number of anilines is 1. The van der Waals surface area contributed by atoms with Gasteiger partial charge < -0.3 is 10.1 Å². The second-order valence-electron chi connectivity index (χ2n) is 5.62. The van der Waals surface area contributed by atoms with Crippen LogP contribution in [0.15, 0.2) is 54.6 Å². The minimum Gasteiger partial charge on any atom is -0.477 e. The lowest BCUT2D eigenvalue weighted by molar-refractivity contribution is -0.385. The van der Waals surface area contributed by atoms with E-state index >= 15 is 0 Å². The van der Waals surface area contributed by atoms with Gasteiger partial charge in [-0.2, -0.15) is 5.10 Å². The third-order valence-corrected chi connectivity index (χ3v) is 3.59. The van der Waals surface area contributed by atoms with Crippen LogP contribution in [0.1, 0.15) is 5.69 Å². The van der Waals surface area contributed by atoms with Crippen molar-refractivity contribution in [1.82, 2.24) is 9.78 Å². The first-order valence-corrected chi connectivity index (χ1v) is 7.93. The van der Waals surface area contributed by atoms with Crippen LogP contribution in [0, 0.1) is 22.9 Å². The van der Waals surface area contributed by atoms with E-state index in [2.05, 4.69) is 10.4 Å². The lowest BCUT2D eigenvalue weighted by Crippen LogP contribution is -2.22. The van der Waals surface area contributed by atoms with E-state index in [1.54, 1.807) is 19.1 Å². The fourth-order valence-electron chi connectivity index (χ4n) is 2.42. The Balaban J connectivity index is 1.72. The summed E-state index contributed by atoms with van der Waals surface area (Å²) in [6.07, 6.45) is 0. The lowest BCUT2D eigenvalue weighted by atomic mass is 10.3. The van der Waals surface area contributed by atoms with Crippen molar-refractivity contribution in [3.05, 3.63) is 76.2 Å². The molecule has 27 heavy (non-hydrogen) atoms. The molecule has 0 saturated carbocycles. The fraction of sp³-hybridized carbons (Fsp3) is 0.111. The number of carbonyl (C=O) groups excluding carboxylic acids is 1. The van der Waals surface area contributed by atoms with Gasteiger partial charge >= 0.3 is 5.69 Å². The Labute approximate surface area is 153 Å². The molecule has 0 unspecified atom stereocenters. The highest BCUT2D eigenvalue weighted by Gasteiger charge is 2.16. The SMILES string of the molecule is Cc1cc(NC(=O)COc2ccccc2[N+](=O)[O-])n(-c2ccc(F)cc2)n1. The number of hydrogen-bond acceptors (Lipinski definition) is 5. The molecule has 1 amide bonds.